The highest BCUT2D eigenvalue weighted by molar-refractivity contribution is 7.19. The van der Waals surface area contributed by atoms with Gasteiger partial charge < -0.3 is 9.47 Å². The quantitative estimate of drug-likeness (QED) is 0.647. The predicted molar refractivity (Wildman–Crippen MR) is 98.2 cm³/mol. The normalized spacial score (nSPS) is 10.9. The zero-order valence-electron chi connectivity index (χ0n) is 15.3. The van der Waals surface area contributed by atoms with E-state index in [9.17, 15) is 23.2 Å². The molecule has 0 fully saturated rings. The first-order valence-electron chi connectivity index (χ1n) is 7.97. The number of amides is 1. The van der Waals surface area contributed by atoms with E-state index < -0.39 is 17.8 Å². The molecule has 0 spiro atoms. The fraction of sp³-hybridized carbons (Fsp3) is 0.176. The van der Waals surface area contributed by atoms with Crippen molar-refractivity contribution in [3.05, 3.63) is 41.6 Å². The number of nitrogens with one attached hydrogen (secondary N) is 1. The van der Waals surface area contributed by atoms with Crippen LogP contribution in [0.2, 0.25) is 0 Å². The minimum Gasteiger partial charge on any atom is -0.480 e. The Morgan fingerprint density at radius 2 is 1.90 bits per heavy atom. The molecule has 3 aromatic heterocycles. The second kappa shape index (κ2) is 8.29. The van der Waals surface area contributed by atoms with Crippen molar-refractivity contribution in [2.75, 3.05) is 19.5 Å². The molecule has 0 saturated carbocycles. The molecule has 1 amide bonds. The molecule has 0 aromatic carbocycles. The van der Waals surface area contributed by atoms with Gasteiger partial charge in [-0.15, -0.1) is 0 Å². The van der Waals surface area contributed by atoms with Crippen molar-refractivity contribution in [2.24, 2.45) is 0 Å². The fourth-order valence-electron chi connectivity index (χ4n) is 2.45. The Balaban J connectivity index is 2.07. The van der Waals surface area contributed by atoms with Gasteiger partial charge in [-0.1, -0.05) is 11.3 Å². The first-order chi connectivity index (χ1) is 14.3. The van der Waals surface area contributed by atoms with Crippen molar-refractivity contribution >= 4 is 22.4 Å². The molecule has 0 atom stereocenters. The molecule has 0 aliphatic rings. The summed E-state index contributed by atoms with van der Waals surface area (Å²) < 4.78 is 50.7. The van der Waals surface area contributed by atoms with Crippen LogP contribution in [-0.4, -0.2) is 40.1 Å². The first-order valence-corrected chi connectivity index (χ1v) is 8.78. The van der Waals surface area contributed by atoms with Gasteiger partial charge in [0.2, 0.25) is 11.8 Å². The maximum absolute atomic E-state index is 13.6. The van der Waals surface area contributed by atoms with Crippen LogP contribution in [0.1, 0.15) is 21.6 Å². The molecular weight excluding hydrogens is 425 g/mol. The molecule has 0 bridgehead atoms. The topological polar surface area (TPSA) is 123 Å². The molecule has 3 heterocycles. The summed E-state index contributed by atoms with van der Waals surface area (Å²) in [5.41, 5.74) is -1.52. The summed E-state index contributed by atoms with van der Waals surface area (Å²) in [7, 11) is 2.52. The minimum atomic E-state index is -4.82. The highest BCUT2D eigenvalue weighted by Crippen LogP contribution is 2.43. The summed E-state index contributed by atoms with van der Waals surface area (Å²) in [6.45, 7) is 0. The second-order valence-electron chi connectivity index (χ2n) is 5.45. The van der Waals surface area contributed by atoms with Crippen LogP contribution in [0.5, 0.6) is 11.8 Å². The number of aromatic nitrogens is 4. The summed E-state index contributed by atoms with van der Waals surface area (Å²) in [6, 6.07) is 3.06. The predicted octanol–water partition coefficient (Wildman–Crippen LogP) is 3.16. The number of hydrogen-bond acceptors (Lipinski definition) is 9. The zero-order chi connectivity index (χ0) is 21.9. The van der Waals surface area contributed by atoms with Gasteiger partial charge in [0.1, 0.15) is 12.4 Å². The van der Waals surface area contributed by atoms with E-state index in [0.29, 0.717) is 11.3 Å². The van der Waals surface area contributed by atoms with E-state index in [4.69, 9.17) is 9.47 Å². The number of nitriles is 1. The lowest BCUT2D eigenvalue weighted by Crippen LogP contribution is -2.16. The Kier molecular flexibility index (Phi) is 5.79. The Labute approximate surface area is 171 Å². The van der Waals surface area contributed by atoms with Crippen LogP contribution < -0.4 is 14.8 Å². The largest absolute Gasteiger partial charge is 0.480 e. The molecule has 0 aliphatic heterocycles. The van der Waals surface area contributed by atoms with E-state index in [-0.39, 0.29) is 38.5 Å². The van der Waals surface area contributed by atoms with Gasteiger partial charge in [0.05, 0.1) is 24.7 Å². The van der Waals surface area contributed by atoms with Crippen LogP contribution in [0.25, 0.3) is 10.4 Å². The molecule has 3 aromatic rings. The lowest BCUT2D eigenvalue weighted by molar-refractivity contribution is -0.140. The smallest absolute Gasteiger partial charge is 0.434 e. The van der Waals surface area contributed by atoms with Crippen LogP contribution in [-0.2, 0) is 6.18 Å². The Morgan fingerprint density at radius 1 is 1.23 bits per heavy atom. The van der Waals surface area contributed by atoms with Crippen molar-refractivity contribution in [2.45, 2.75) is 6.18 Å². The maximum atomic E-state index is 13.6. The molecule has 30 heavy (non-hydrogen) atoms. The van der Waals surface area contributed by atoms with E-state index in [1.54, 1.807) is 6.07 Å². The van der Waals surface area contributed by atoms with Crippen LogP contribution in [0.4, 0.5) is 18.3 Å². The molecule has 0 aliphatic carbocycles. The number of hydrogen-bond donors (Lipinski definition) is 1. The average molecular weight is 436 g/mol. The van der Waals surface area contributed by atoms with Crippen molar-refractivity contribution in [1.82, 2.24) is 19.9 Å². The number of ether oxygens (including phenoxy) is 2. The Bertz CT molecular complexity index is 1120. The van der Waals surface area contributed by atoms with Crippen LogP contribution in [0, 0.1) is 11.3 Å². The number of alkyl halides is 3. The number of methoxy groups -OCH3 is 2. The highest BCUT2D eigenvalue weighted by atomic mass is 32.1. The van der Waals surface area contributed by atoms with Crippen molar-refractivity contribution in [3.63, 3.8) is 0 Å². The first kappa shape index (κ1) is 20.9. The van der Waals surface area contributed by atoms with Gasteiger partial charge in [-0.25, -0.2) is 15.0 Å². The minimum absolute atomic E-state index is 0.00368. The maximum Gasteiger partial charge on any atom is 0.434 e. The van der Waals surface area contributed by atoms with E-state index in [1.165, 1.54) is 26.5 Å². The second-order valence-corrected chi connectivity index (χ2v) is 6.45. The van der Waals surface area contributed by atoms with Gasteiger partial charge in [-0.2, -0.15) is 18.4 Å². The van der Waals surface area contributed by atoms with Gasteiger partial charge in [0.15, 0.2) is 16.4 Å². The van der Waals surface area contributed by atoms with Crippen molar-refractivity contribution in [1.29, 1.82) is 5.26 Å². The molecule has 0 unspecified atom stereocenters. The van der Waals surface area contributed by atoms with E-state index in [0.717, 1.165) is 12.5 Å². The lowest BCUT2D eigenvalue weighted by Gasteiger charge is -2.09. The van der Waals surface area contributed by atoms with Crippen LogP contribution >= 0.6 is 11.3 Å². The van der Waals surface area contributed by atoms with Gasteiger partial charge in [-0.3, -0.25) is 15.1 Å². The van der Waals surface area contributed by atoms with Crippen molar-refractivity contribution in [3.8, 4) is 28.3 Å². The molecule has 1 N–H and O–H groups in total. The zero-order valence-corrected chi connectivity index (χ0v) is 16.1. The SMILES string of the molecule is COc1ncnc(OC)c1C(=O)Nc1nc(C(F)(F)F)c(-c2ccncc2C#N)s1. The average Bonchev–Trinajstić information content (AvgIpc) is 3.17. The summed E-state index contributed by atoms with van der Waals surface area (Å²) in [4.78, 5) is 27.2. The third-order valence-corrected chi connectivity index (χ3v) is 4.70. The third kappa shape index (κ3) is 3.98. The van der Waals surface area contributed by atoms with Gasteiger partial charge in [0.25, 0.3) is 5.91 Å². The highest BCUT2D eigenvalue weighted by Gasteiger charge is 2.39. The number of pyridine rings is 1. The molecule has 154 valence electrons. The molecule has 0 radical (unpaired) electrons. The third-order valence-electron chi connectivity index (χ3n) is 3.69. The number of halogens is 3. The van der Waals surface area contributed by atoms with Crippen LogP contribution in [0.15, 0.2) is 24.8 Å². The number of anilines is 1. The number of thiazole rings is 1. The summed E-state index contributed by atoms with van der Waals surface area (Å²) in [6.07, 6.45) is -1.32. The Morgan fingerprint density at radius 3 is 2.47 bits per heavy atom. The fourth-order valence-corrected chi connectivity index (χ4v) is 3.47. The number of carbonyl (C=O) groups excluding carboxylic acids is 1. The standard InChI is InChI=1S/C17H11F3N6O3S/c1-28-14-10(15(29-2)24-7-23-14)13(27)26-16-25-12(17(18,19)20)11(30-16)9-3-4-22-6-8(9)5-21/h3-4,6-7H,1-2H3,(H,25,26,27). The van der Waals surface area contributed by atoms with Gasteiger partial charge >= 0.3 is 6.18 Å². The Hall–Kier alpha value is -3.79. The van der Waals surface area contributed by atoms with Gasteiger partial charge in [0, 0.05) is 18.0 Å². The monoisotopic (exact) mass is 436 g/mol. The van der Waals surface area contributed by atoms with Crippen molar-refractivity contribution < 1.29 is 27.4 Å². The van der Waals surface area contributed by atoms with E-state index in [1.807, 2.05) is 0 Å². The summed E-state index contributed by atoms with van der Waals surface area (Å²) in [5.74, 6) is -1.14. The molecule has 0 saturated heterocycles. The molecule has 9 nitrogen and oxygen atoms in total. The van der Waals surface area contributed by atoms with E-state index in [2.05, 4.69) is 25.3 Å². The van der Waals surface area contributed by atoms with Gasteiger partial charge in [-0.05, 0) is 6.07 Å². The summed E-state index contributed by atoms with van der Waals surface area (Å²) >= 11 is 0.555. The number of nitrogens with zero attached hydrogens (tertiary/aromatic N) is 5. The lowest BCUT2D eigenvalue weighted by atomic mass is 10.1. The van der Waals surface area contributed by atoms with Crippen LogP contribution in [0.3, 0.4) is 0 Å². The number of carbonyl (C=O) groups is 1. The molecular formula is C17H11F3N6O3S. The molecule has 13 heteroatoms. The summed E-state index contributed by atoms with van der Waals surface area (Å²) in [5, 5.41) is 11.1. The molecule has 3 rings (SSSR count). The number of rotatable bonds is 5. The van der Waals surface area contributed by atoms with E-state index >= 15 is 0 Å².